The number of nitrogens with zero attached hydrogens (tertiary/aromatic N) is 3. The minimum atomic E-state index is 0. The Labute approximate surface area is 186 Å². The summed E-state index contributed by atoms with van der Waals surface area (Å²) in [5.41, 5.74) is 1.62. The van der Waals surface area contributed by atoms with E-state index >= 15 is 0 Å². The Morgan fingerprint density at radius 2 is 2.00 bits per heavy atom. The molecule has 158 valence electrons. The molecule has 1 aliphatic carbocycles. The summed E-state index contributed by atoms with van der Waals surface area (Å²) >= 11 is 0. The smallest absolute Gasteiger partial charge is 0.191 e. The summed E-state index contributed by atoms with van der Waals surface area (Å²) in [7, 11) is 3.62. The number of nitrogens with one attached hydrogen (secondary N) is 2. The Bertz CT molecular complexity index is 615. The lowest BCUT2D eigenvalue weighted by molar-refractivity contribution is 0.0732. The highest BCUT2D eigenvalue weighted by Gasteiger charge is 2.36. The third-order valence-electron chi connectivity index (χ3n) is 6.06. The number of aliphatic imine (C=N–C) groups is 1. The number of pyridine rings is 1. The van der Waals surface area contributed by atoms with Crippen LogP contribution in [0, 0.1) is 5.41 Å². The van der Waals surface area contributed by atoms with Crippen LogP contribution in [0.2, 0.25) is 0 Å². The molecule has 6 nitrogen and oxygen atoms in total. The van der Waals surface area contributed by atoms with Crippen molar-refractivity contribution in [2.24, 2.45) is 10.4 Å². The molecule has 0 radical (unpaired) electrons. The number of methoxy groups -OCH3 is 1. The van der Waals surface area contributed by atoms with Gasteiger partial charge in [0.25, 0.3) is 0 Å². The first-order valence-corrected chi connectivity index (χ1v) is 10.4. The highest BCUT2D eigenvalue weighted by atomic mass is 127. The van der Waals surface area contributed by atoms with Crippen molar-refractivity contribution in [3.8, 4) is 0 Å². The molecule has 2 N–H and O–H groups in total. The van der Waals surface area contributed by atoms with Crippen LogP contribution in [-0.2, 0) is 11.3 Å². The monoisotopic (exact) mass is 501 g/mol. The summed E-state index contributed by atoms with van der Waals surface area (Å²) < 4.78 is 5.29. The predicted molar refractivity (Wildman–Crippen MR) is 127 cm³/mol. The molecule has 28 heavy (non-hydrogen) atoms. The first-order chi connectivity index (χ1) is 13.2. The van der Waals surface area contributed by atoms with E-state index in [1.165, 1.54) is 44.1 Å². The maximum Gasteiger partial charge on any atom is 0.191 e. The van der Waals surface area contributed by atoms with E-state index in [9.17, 15) is 0 Å². The SMILES string of the molecule is CN=C(NCc1ccnc(N2CCCCC2)c1)NCC1(CCOC)CCC1.I. The number of hydrogen-bond donors (Lipinski definition) is 2. The average Bonchev–Trinajstić information content (AvgIpc) is 2.70. The number of halogens is 1. The Kier molecular flexibility index (Phi) is 9.77. The molecular weight excluding hydrogens is 465 g/mol. The van der Waals surface area contributed by atoms with Crippen molar-refractivity contribution in [2.75, 3.05) is 45.3 Å². The Morgan fingerprint density at radius 3 is 2.64 bits per heavy atom. The van der Waals surface area contributed by atoms with Crippen LogP contribution in [0.5, 0.6) is 0 Å². The van der Waals surface area contributed by atoms with Crippen LogP contribution in [-0.4, -0.2) is 51.3 Å². The Morgan fingerprint density at radius 1 is 1.21 bits per heavy atom. The van der Waals surface area contributed by atoms with Gasteiger partial charge in [0.05, 0.1) is 0 Å². The minimum Gasteiger partial charge on any atom is -0.385 e. The van der Waals surface area contributed by atoms with Gasteiger partial charge in [0.15, 0.2) is 5.96 Å². The van der Waals surface area contributed by atoms with E-state index in [1.54, 1.807) is 7.11 Å². The molecule has 1 saturated heterocycles. The molecule has 2 fully saturated rings. The number of aromatic nitrogens is 1. The van der Waals surface area contributed by atoms with Crippen LogP contribution in [0.25, 0.3) is 0 Å². The van der Waals surface area contributed by atoms with E-state index in [-0.39, 0.29) is 24.0 Å². The molecule has 3 rings (SSSR count). The van der Waals surface area contributed by atoms with Crippen LogP contribution in [0.15, 0.2) is 23.3 Å². The second-order valence-electron chi connectivity index (χ2n) is 7.95. The van der Waals surface area contributed by atoms with Gasteiger partial charge in [-0.25, -0.2) is 4.98 Å². The molecule has 0 amide bonds. The average molecular weight is 501 g/mol. The van der Waals surface area contributed by atoms with Crippen molar-refractivity contribution in [1.82, 2.24) is 15.6 Å². The fourth-order valence-electron chi connectivity index (χ4n) is 4.05. The molecule has 2 aliphatic rings. The Hall–Kier alpha value is -1.09. The zero-order valence-corrected chi connectivity index (χ0v) is 19.7. The van der Waals surface area contributed by atoms with Crippen LogP contribution in [0.1, 0.15) is 50.5 Å². The largest absolute Gasteiger partial charge is 0.385 e. The molecule has 7 heteroatoms. The molecule has 0 unspecified atom stereocenters. The van der Waals surface area contributed by atoms with Gasteiger partial charge in [-0.05, 0) is 61.6 Å². The van der Waals surface area contributed by atoms with Gasteiger partial charge in [0, 0.05) is 53.1 Å². The predicted octanol–water partition coefficient (Wildman–Crippen LogP) is 3.56. The molecule has 1 aromatic rings. The molecule has 1 aromatic heterocycles. The van der Waals surface area contributed by atoms with Crippen molar-refractivity contribution in [3.05, 3.63) is 23.9 Å². The molecule has 0 bridgehead atoms. The van der Waals surface area contributed by atoms with Gasteiger partial charge in [-0.3, -0.25) is 4.99 Å². The van der Waals surface area contributed by atoms with Gasteiger partial charge >= 0.3 is 0 Å². The third-order valence-corrected chi connectivity index (χ3v) is 6.06. The molecule has 2 heterocycles. The lowest BCUT2D eigenvalue weighted by Gasteiger charge is -2.42. The second-order valence-corrected chi connectivity index (χ2v) is 7.95. The van der Waals surface area contributed by atoms with Crippen molar-refractivity contribution in [3.63, 3.8) is 0 Å². The van der Waals surface area contributed by atoms with Crippen molar-refractivity contribution >= 4 is 35.8 Å². The topological polar surface area (TPSA) is 61.8 Å². The van der Waals surface area contributed by atoms with E-state index in [4.69, 9.17) is 4.74 Å². The van der Waals surface area contributed by atoms with Crippen molar-refractivity contribution < 1.29 is 4.74 Å². The molecule has 0 spiro atoms. The maximum absolute atomic E-state index is 5.29. The summed E-state index contributed by atoms with van der Waals surface area (Å²) in [5.74, 6) is 1.97. The third kappa shape index (κ3) is 6.47. The van der Waals surface area contributed by atoms with Gasteiger partial charge < -0.3 is 20.3 Å². The second kappa shape index (κ2) is 11.8. The van der Waals surface area contributed by atoms with Gasteiger partial charge in [0.1, 0.15) is 5.82 Å². The lowest BCUT2D eigenvalue weighted by atomic mass is 9.67. The number of guanidine groups is 1. The summed E-state index contributed by atoms with van der Waals surface area (Å²) in [6.07, 6.45) is 10.8. The summed E-state index contributed by atoms with van der Waals surface area (Å²) in [6.45, 7) is 4.80. The summed E-state index contributed by atoms with van der Waals surface area (Å²) in [4.78, 5) is 11.4. The minimum absolute atomic E-state index is 0. The lowest BCUT2D eigenvalue weighted by Crippen LogP contribution is -2.46. The van der Waals surface area contributed by atoms with E-state index in [0.29, 0.717) is 5.41 Å². The maximum atomic E-state index is 5.29. The standard InChI is InChI=1S/C21H35N5O.HI/c1-22-20(25-17-21(8-6-9-21)10-14-27-2)24-16-18-7-11-23-19(15-18)26-12-4-3-5-13-26;/h7,11,15H,3-6,8-10,12-14,16-17H2,1-2H3,(H2,22,24,25);1H. The summed E-state index contributed by atoms with van der Waals surface area (Å²) in [6, 6.07) is 4.29. The highest BCUT2D eigenvalue weighted by molar-refractivity contribution is 14.0. The van der Waals surface area contributed by atoms with Gasteiger partial charge in [-0.2, -0.15) is 0 Å². The van der Waals surface area contributed by atoms with E-state index in [1.807, 2.05) is 13.2 Å². The van der Waals surface area contributed by atoms with Crippen LogP contribution in [0.3, 0.4) is 0 Å². The number of anilines is 1. The molecule has 0 atom stereocenters. The van der Waals surface area contributed by atoms with Gasteiger partial charge in [-0.15, -0.1) is 24.0 Å². The molecule has 1 saturated carbocycles. The molecule has 1 aliphatic heterocycles. The quantitative estimate of drug-likeness (QED) is 0.324. The first kappa shape index (κ1) is 23.2. The van der Waals surface area contributed by atoms with E-state index < -0.39 is 0 Å². The zero-order valence-electron chi connectivity index (χ0n) is 17.4. The molecule has 0 aromatic carbocycles. The fourth-order valence-corrected chi connectivity index (χ4v) is 4.05. The van der Waals surface area contributed by atoms with E-state index in [0.717, 1.165) is 51.0 Å². The number of rotatable bonds is 8. The van der Waals surface area contributed by atoms with E-state index in [2.05, 4.69) is 37.6 Å². The first-order valence-electron chi connectivity index (χ1n) is 10.4. The number of piperidine rings is 1. The zero-order chi connectivity index (χ0) is 19.0. The van der Waals surface area contributed by atoms with Gasteiger partial charge in [-0.1, -0.05) is 6.42 Å². The number of ether oxygens (including phenoxy) is 1. The van der Waals surface area contributed by atoms with Gasteiger partial charge in [0.2, 0.25) is 0 Å². The fraction of sp³-hybridized carbons (Fsp3) is 0.714. The highest BCUT2D eigenvalue weighted by Crippen LogP contribution is 2.43. The molecular formula is C21H36IN5O. The normalized spacial score (nSPS) is 18.8. The van der Waals surface area contributed by atoms with Crippen LogP contribution in [0.4, 0.5) is 5.82 Å². The summed E-state index contributed by atoms with van der Waals surface area (Å²) in [5, 5.41) is 6.98. The van der Waals surface area contributed by atoms with Crippen molar-refractivity contribution in [2.45, 2.75) is 51.5 Å². The Balaban J connectivity index is 0.00000280. The van der Waals surface area contributed by atoms with Crippen LogP contribution < -0.4 is 15.5 Å². The van der Waals surface area contributed by atoms with Crippen LogP contribution >= 0.6 is 24.0 Å². The number of hydrogen-bond acceptors (Lipinski definition) is 4. The van der Waals surface area contributed by atoms with Crippen molar-refractivity contribution in [1.29, 1.82) is 0 Å².